The van der Waals surface area contributed by atoms with E-state index >= 15 is 0 Å². The number of ether oxygens (including phenoxy) is 6. The maximum absolute atomic E-state index is 14.5. The molecular weight excluding hydrogens is 936 g/mol. The van der Waals surface area contributed by atoms with Crippen LogP contribution >= 0.6 is 0 Å². The minimum atomic E-state index is -2.68. The average molecular weight is 969 g/mol. The molecule has 3 heterocycles. The second-order valence-electron chi connectivity index (χ2n) is 14.9. The molecule has 3 aliphatic rings. The van der Waals surface area contributed by atoms with E-state index < -0.39 is 204 Å². The fourth-order valence-corrected chi connectivity index (χ4v) is 7.59. The molecule has 7 rings (SSSR count). The van der Waals surface area contributed by atoms with Crippen molar-refractivity contribution in [2.75, 3.05) is 6.61 Å². The molecule has 0 spiro atoms. The normalized spacial score (nSPS) is 22.1. The molecule has 4 aromatic carbocycles. The van der Waals surface area contributed by atoms with Gasteiger partial charge in [-0.3, -0.25) is 0 Å². The van der Waals surface area contributed by atoms with Gasteiger partial charge in [0.1, 0.15) is 18.5 Å². The molecule has 69 heavy (non-hydrogen) atoms. The Morgan fingerprint density at radius 1 is 0.638 bits per heavy atom. The van der Waals surface area contributed by atoms with Crippen molar-refractivity contribution >= 4 is 41.6 Å². The first-order valence-electron chi connectivity index (χ1n) is 19.1. The molecule has 0 radical (unpaired) electrons. The predicted molar refractivity (Wildman–Crippen MR) is 214 cm³/mol. The molecule has 7 unspecified atom stereocenters. The number of rotatable bonds is 7. The van der Waals surface area contributed by atoms with Crippen LogP contribution in [0.1, 0.15) is 48.1 Å². The van der Waals surface area contributed by atoms with E-state index in [9.17, 15) is 105 Å². The number of fused-ring (bicyclic) bond motifs is 6. The van der Waals surface area contributed by atoms with Gasteiger partial charge in [-0.05, 0) is 30.3 Å². The Hall–Kier alpha value is -9.50. The number of carbonyl (C=O) groups excluding carboxylic acids is 4. The highest BCUT2D eigenvalue weighted by atomic mass is 16.7. The summed E-state index contributed by atoms with van der Waals surface area (Å²) in [5.41, 5.74) is -7.80. The van der Waals surface area contributed by atoms with E-state index in [2.05, 4.69) is 6.58 Å². The third kappa shape index (κ3) is 8.14. The molecule has 27 heteroatoms. The van der Waals surface area contributed by atoms with Crippen LogP contribution in [0.5, 0.6) is 69.0 Å². The number of esters is 4. The number of aromatic hydroxyl groups is 12. The number of benzene rings is 4. The maximum Gasteiger partial charge on any atom is 0.345 e. The highest BCUT2D eigenvalue weighted by molar-refractivity contribution is 6.08. The smallest absolute Gasteiger partial charge is 0.345 e. The molecule has 27 nitrogen and oxygen atoms in total. The van der Waals surface area contributed by atoms with Crippen LogP contribution in [0.3, 0.4) is 0 Å². The van der Waals surface area contributed by atoms with E-state index in [1.807, 2.05) is 0 Å². The second kappa shape index (κ2) is 17.4. The summed E-state index contributed by atoms with van der Waals surface area (Å²) in [4.78, 5) is 81.2. The Balaban J connectivity index is 1.41. The predicted octanol–water partition coefficient (Wildman–Crippen LogP) is 0.620. The number of aliphatic hydroxyl groups is 1. The zero-order valence-electron chi connectivity index (χ0n) is 34.0. The lowest BCUT2D eigenvalue weighted by Gasteiger charge is -2.43. The van der Waals surface area contributed by atoms with Crippen LogP contribution in [0.15, 0.2) is 48.6 Å². The Kier molecular flexibility index (Phi) is 12.0. The second-order valence-corrected chi connectivity index (χ2v) is 14.9. The molecule has 2 bridgehead atoms. The van der Waals surface area contributed by atoms with Gasteiger partial charge >= 0.3 is 35.8 Å². The van der Waals surface area contributed by atoms with E-state index in [4.69, 9.17) is 28.4 Å². The standard InChI is InChI=1S/C42H32O27/c1-9-11-4-17(45)27(51)30(54)22(11)25(35(65-9)37(58)59)14(7-21(48)49)41(63)67-34-20-8-64-39(61)12-5-18(46)28(52)31(55)23(12)24-13(6-19(47)29(53)32(24)56)40(62)68-36(34)33(57)42(66-20)69-38(60)10-2-15(43)26(50)16(44)3-10/h2-7,20,25,33-36,42-47,50-57H,1,8H2,(H,48,49)(H,58,59)/b14-7-. The first kappa shape index (κ1) is 47.5. The summed E-state index contributed by atoms with van der Waals surface area (Å²) in [6.45, 7) is 2.14. The number of phenolic OH excluding ortho intramolecular Hbond substituents is 12. The Morgan fingerprint density at radius 3 is 1.68 bits per heavy atom. The van der Waals surface area contributed by atoms with Gasteiger partial charge in [-0.15, -0.1) is 0 Å². The monoisotopic (exact) mass is 968 g/mol. The van der Waals surface area contributed by atoms with Gasteiger partial charge in [-0.2, -0.15) is 0 Å². The zero-order chi connectivity index (χ0) is 50.8. The summed E-state index contributed by atoms with van der Waals surface area (Å²) in [6.07, 6.45) is -15.0. The fourth-order valence-electron chi connectivity index (χ4n) is 7.59. The Morgan fingerprint density at radius 2 is 1.14 bits per heavy atom. The van der Waals surface area contributed by atoms with Crippen LogP contribution in [0.25, 0.3) is 16.9 Å². The highest BCUT2D eigenvalue weighted by Gasteiger charge is 2.54. The van der Waals surface area contributed by atoms with Gasteiger partial charge in [-0.1, -0.05) is 6.58 Å². The largest absolute Gasteiger partial charge is 0.504 e. The number of carbonyl (C=O) groups is 6. The van der Waals surface area contributed by atoms with Gasteiger partial charge in [0.05, 0.1) is 28.2 Å². The SMILES string of the molecule is C=C1OC(C(=O)O)C(/C(=C/C(=O)O)C(=O)OC2C3COC(=O)c4cc(O)c(O)c(O)c4-c4c(cc(O)c(O)c4O)C(=O)OC2C(O)C(OC(=O)c2cc(O)c(O)c(O)c2)O3)c2c1cc(O)c(O)c2O. The van der Waals surface area contributed by atoms with Crippen LogP contribution in [0, 0.1) is 0 Å². The third-order valence-electron chi connectivity index (χ3n) is 10.8. The minimum absolute atomic E-state index is 0.0364. The number of aliphatic hydroxyl groups excluding tert-OH is 1. The number of hydrogen-bond acceptors (Lipinski definition) is 25. The van der Waals surface area contributed by atoms with Crippen molar-refractivity contribution in [3.05, 3.63) is 76.4 Å². The molecule has 362 valence electrons. The van der Waals surface area contributed by atoms with Crippen LogP contribution < -0.4 is 0 Å². The molecule has 3 aliphatic heterocycles. The molecule has 0 aliphatic carbocycles. The van der Waals surface area contributed by atoms with Crippen molar-refractivity contribution in [1.82, 2.24) is 0 Å². The number of phenols is 12. The van der Waals surface area contributed by atoms with Crippen molar-refractivity contribution < 1.29 is 134 Å². The summed E-state index contributed by atoms with van der Waals surface area (Å²) in [5.74, 6) is -29.3. The van der Waals surface area contributed by atoms with Crippen LogP contribution in [-0.4, -0.2) is 156 Å². The van der Waals surface area contributed by atoms with Crippen LogP contribution in [-0.2, 0) is 42.8 Å². The third-order valence-corrected chi connectivity index (χ3v) is 10.8. The fraction of sp³-hybridized carbons (Fsp3) is 0.190. The molecule has 7 atom stereocenters. The van der Waals surface area contributed by atoms with Gasteiger partial charge in [0.25, 0.3) is 0 Å². The Labute approximate surface area is 380 Å². The van der Waals surface area contributed by atoms with Gasteiger partial charge < -0.3 is 105 Å². The molecule has 0 amide bonds. The van der Waals surface area contributed by atoms with E-state index in [0.717, 1.165) is 0 Å². The van der Waals surface area contributed by atoms with Crippen LogP contribution in [0.2, 0.25) is 0 Å². The number of carboxylic acid groups (broad SMARTS) is 2. The molecule has 1 saturated heterocycles. The quantitative estimate of drug-likeness (QED) is 0.0522. The van der Waals surface area contributed by atoms with Gasteiger partial charge in [0, 0.05) is 28.3 Å². The van der Waals surface area contributed by atoms with Crippen molar-refractivity contribution in [3.63, 3.8) is 0 Å². The lowest BCUT2D eigenvalue weighted by Crippen LogP contribution is -2.62. The first-order chi connectivity index (χ1) is 32.3. The van der Waals surface area contributed by atoms with Gasteiger partial charge in [0.15, 0.2) is 70.1 Å². The van der Waals surface area contributed by atoms with Gasteiger partial charge in [-0.25, -0.2) is 28.8 Å². The topological polar surface area (TPSA) is 461 Å². The average Bonchev–Trinajstić information content (AvgIpc) is 3.28. The lowest BCUT2D eigenvalue weighted by molar-refractivity contribution is -0.287. The summed E-state index contributed by atoms with van der Waals surface area (Å²) in [5, 5.41) is 157. The van der Waals surface area contributed by atoms with Gasteiger partial charge in [0.2, 0.25) is 29.6 Å². The summed E-state index contributed by atoms with van der Waals surface area (Å²) in [7, 11) is 0. The van der Waals surface area contributed by atoms with E-state index in [-0.39, 0.29) is 6.08 Å². The van der Waals surface area contributed by atoms with Crippen molar-refractivity contribution in [3.8, 4) is 80.1 Å². The van der Waals surface area contributed by atoms with E-state index in [1.54, 1.807) is 0 Å². The van der Waals surface area contributed by atoms with Crippen molar-refractivity contribution in [2.45, 2.75) is 42.7 Å². The zero-order valence-corrected chi connectivity index (χ0v) is 34.0. The summed E-state index contributed by atoms with van der Waals surface area (Å²) in [6, 6.07) is 2.59. The van der Waals surface area contributed by atoms with E-state index in [1.165, 1.54) is 0 Å². The maximum atomic E-state index is 14.5. The van der Waals surface area contributed by atoms with Crippen molar-refractivity contribution in [1.29, 1.82) is 0 Å². The molecule has 0 aromatic heterocycles. The van der Waals surface area contributed by atoms with E-state index in [0.29, 0.717) is 30.3 Å². The minimum Gasteiger partial charge on any atom is -0.504 e. The molecular formula is C42H32O27. The number of cyclic esters (lactones) is 1. The van der Waals surface area contributed by atoms with Crippen LogP contribution in [0.4, 0.5) is 0 Å². The molecule has 4 aromatic rings. The Bertz CT molecular complexity index is 2950. The van der Waals surface area contributed by atoms with Crippen molar-refractivity contribution in [2.24, 2.45) is 0 Å². The molecule has 1 fully saturated rings. The summed E-state index contributed by atoms with van der Waals surface area (Å²) >= 11 is 0. The number of aliphatic carboxylic acids is 2. The number of hydrogen-bond donors (Lipinski definition) is 15. The molecule has 15 N–H and O–H groups in total. The highest BCUT2D eigenvalue weighted by Crippen LogP contribution is 2.54. The summed E-state index contributed by atoms with van der Waals surface area (Å²) < 4.78 is 32.7. The first-order valence-corrected chi connectivity index (χ1v) is 19.1. The lowest BCUT2D eigenvalue weighted by atomic mass is 9.79. The molecule has 0 saturated carbocycles. The number of carboxylic acids is 2.